The molecule has 1 saturated carbocycles. The third-order valence-electron chi connectivity index (χ3n) is 3.63. The number of fused-ring (bicyclic) bond motifs is 1. The fourth-order valence-electron chi connectivity index (χ4n) is 2.63. The van der Waals surface area contributed by atoms with E-state index in [0.29, 0.717) is 24.4 Å². The van der Waals surface area contributed by atoms with Gasteiger partial charge in [0, 0.05) is 32.1 Å². The number of nitrogens with zero attached hydrogens (tertiary/aromatic N) is 3. The average Bonchev–Trinajstić information content (AvgIpc) is 2.72. The van der Waals surface area contributed by atoms with E-state index >= 15 is 0 Å². The van der Waals surface area contributed by atoms with Gasteiger partial charge in [0.1, 0.15) is 0 Å². The first-order valence-electron chi connectivity index (χ1n) is 5.44. The summed E-state index contributed by atoms with van der Waals surface area (Å²) in [6.07, 6.45) is 3.71. The summed E-state index contributed by atoms with van der Waals surface area (Å²) < 4.78 is 0. The van der Waals surface area contributed by atoms with E-state index in [-0.39, 0.29) is 0 Å². The molecular weight excluding hydrogens is 190 g/mol. The van der Waals surface area contributed by atoms with Gasteiger partial charge in [-0.15, -0.1) is 0 Å². The lowest BCUT2D eigenvalue weighted by molar-refractivity contribution is 0.260. The first-order chi connectivity index (χ1) is 7.29. The van der Waals surface area contributed by atoms with Crippen molar-refractivity contribution >= 4 is 5.95 Å². The van der Waals surface area contributed by atoms with Gasteiger partial charge in [0.15, 0.2) is 0 Å². The summed E-state index contributed by atoms with van der Waals surface area (Å²) in [5, 5.41) is 9.06. The molecule has 1 N–H and O–H groups in total. The Bertz CT molecular complexity index is 353. The topological polar surface area (TPSA) is 49.2 Å². The van der Waals surface area contributed by atoms with Crippen molar-refractivity contribution in [2.45, 2.75) is 6.92 Å². The maximum absolute atomic E-state index is 9.06. The van der Waals surface area contributed by atoms with Crippen molar-refractivity contribution in [2.75, 3.05) is 24.6 Å². The fourth-order valence-corrected chi connectivity index (χ4v) is 2.63. The lowest BCUT2D eigenvalue weighted by Gasteiger charge is -2.18. The first kappa shape index (κ1) is 9.09. The molecule has 3 atom stereocenters. The number of aliphatic hydroxyl groups is 1. The van der Waals surface area contributed by atoms with Crippen LogP contribution in [0.5, 0.6) is 0 Å². The smallest absolute Gasteiger partial charge is 0.225 e. The standard InChI is InChI=1S/C11H15N3O/c1-7-2-12-11(13-3-7)14-4-8-9(5-14)10(8)6-15/h2-3,8-10,15H,4-6H2,1H3/t8-,9?,10?/m1/s1. The Labute approximate surface area is 89.0 Å². The molecule has 0 bridgehead atoms. The van der Waals surface area contributed by atoms with Gasteiger partial charge in [0.2, 0.25) is 5.95 Å². The summed E-state index contributed by atoms with van der Waals surface area (Å²) in [5.74, 6) is 2.75. The van der Waals surface area contributed by atoms with E-state index in [1.54, 1.807) is 0 Å². The molecule has 2 fully saturated rings. The van der Waals surface area contributed by atoms with Crippen LogP contribution < -0.4 is 4.90 Å². The van der Waals surface area contributed by atoms with E-state index < -0.39 is 0 Å². The van der Waals surface area contributed by atoms with Crippen LogP contribution in [0.4, 0.5) is 5.95 Å². The molecule has 1 aliphatic carbocycles. The van der Waals surface area contributed by atoms with Gasteiger partial charge in [0.25, 0.3) is 0 Å². The molecule has 0 radical (unpaired) electrons. The summed E-state index contributed by atoms with van der Waals surface area (Å²) in [6, 6.07) is 0. The number of aliphatic hydroxyl groups excluding tert-OH is 1. The maximum atomic E-state index is 9.06. The highest BCUT2D eigenvalue weighted by molar-refractivity contribution is 5.35. The second-order valence-electron chi connectivity index (χ2n) is 4.64. The zero-order chi connectivity index (χ0) is 10.4. The van der Waals surface area contributed by atoms with Gasteiger partial charge in [-0.2, -0.15) is 0 Å². The third kappa shape index (κ3) is 1.40. The van der Waals surface area contributed by atoms with E-state index in [2.05, 4.69) is 14.9 Å². The largest absolute Gasteiger partial charge is 0.396 e. The summed E-state index contributed by atoms with van der Waals surface area (Å²) in [7, 11) is 0. The van der Waals surface area contributed by atoms with Gasteiger partial charge in [0.05, 0.1) is 0 Å². The van der Waals surface area contributed by atoms with Gasteiger partial charge >= 0.3 is 0 Å². The molecule has 1 aromatic heterocycles. The van der Waals surface area contributed by atoms with Crippen LogP contribution in [0.25, 0.3) is 0 Å². The zero-order valence-corrected chi connectivity index (χ0v) is 8.80. The van der Waals surface area contributed by atoms with E-state index in [4.69, 9.17) is 5.11 Å². The monoisotopic (exact) mass is 205 g/mol. The highest BCUT2D eigenvalue weighted by atomic mass is 16.3. The van der Waals surface area contributed by atoms with E-state index in [9.17, 15) is 0 Å². The van der Waals surface area contributed by atoms with Crippen LogP contribution in [-0.4, -0.2) is 34.8 Å². The van der Waals surface area contributed by atoms with Crippen LogP contribution in [0.1, 0.15) is 5.56 Å². The van der Waals surface area contributed by atoms with E-state index in [0.717, 1.165) is 24.6 Å². The van der Waals surface area contributed by atoms with Gasteiger partial charge in [-0.3, -0.25) is 0 Å². The normalized spacial score (nSPS) is 32.9. The lowest BCUT2D eigenvalue weighted by atomic mass is 10.3. The van der Waals surface area contributed by atoms with Crippen molar-refractivity contribution in [3.63, 3.8) is 0 Å². The second kappa shape index (κ2) is 3.17. The SMILES string of the molecule is Cc1cnc(N2CC3C(CO)[C@@H]3C2)nc1. The Morgan fingerprint density at radius 2 is 1.93 bits per heavy atom. The Morgan fingerprint density at radius 3 is 2.47 bits per heavy atom. The predicted molar refractivity (Wildman–Crippen MR) is 56.5 cm³/mol. The molecule has 2 unspecified atom stereocenters. The third-order valence-corrected chi connectivity index (χ3v) is 3.63. The molecular formula is C11H15N3O. The molecule has 80 valence electrons. The van der Waals surface area contributed by atoms with Gasteiger partial charge in [-0.25, -0.2) is 9.97 Å². The molecule has 15 heavy (non-hydrogen) atoms. The molecule has 2 heterocycles. The number of aryl methyl sites for hydroxylation is 1. The minimum atomic E-state index is 0.345. The summed E-state index contributed by atoms with van der Waals surface area (Å²) >= 11 is 0. The Balaban J connectivity index is 1.69. The van der Waals surface area contributed by atoms with Crippen molar-refractivity contribution in [2.24, 2.45) is 17.8 Å². The highest BCUT2D eigenvalue weighted by Crippen LogP contribution is 2.51. The molecule has 1 aliphatic heterocycles. The van der Waals surface area contributed by atoms with E-state index in [1.165, 1.54) is 0 Å². The van der Waals surface area contributed by atoms with Crippen molar-refractivity contribution in [1.82, 2.24) is 9.97 Å². The number of rotatable bonds is 2. The number of piperidine rings is 1. The first-order valence-corrected chi connectivity index (χ1v) is 5.44. The van der Waals surface area contributed by atoms with Gasteiger partial charge in [-0.05, 0) is 30.2 Å². The van der Waals surface area contributed by atoms with Gasteiger partial charge < -0.3 is 10.0 Å². The minimum absolute atomic E-state index is 0.345. The summed E-state index contributed by atoms with van der Waals surface area (Å²) in [5.41, 5.74) is 1.09. The predicted octanol–water partition coefficient (Wildman–Crippen LogP) is 0.460. The van der Waals surface area contributed by atoms with Crippen LogP contribution in [0.3, 0.4) is 0 Å². The molecule has 1 aromatic rings. The lowest BCUT2D eigenvalue weighted by Crippen LogP contribution is -2.26. The molecule has 4 nitrogen and oxygen atoms in total. The van der Waals surface area contributed by atoms with Crippen LogP contribution in [0.15, 0.2) is 12.4 Å². The number of hydrogen-bond acceptors (Lipinski definition) is 4. The van der Waals surface area contributed by atoms with Crippen molar-refractivity contribution < 1.29 is 5.11 Å². The molecule has 4 heteroatoms. The molecule has 0 aromatic carbocycles. The van der Waals surface area contributed by atoms with Crippen LogP contribution in [-0.2, 0) is 0 Å². The Morgan fingerprint density at radius 1 is 1.33 bits per heavy atom. The molecule has 2 aliphatic rings. The van der Waals surface area contributed by atoms with Gasteiger partial charge in [-0.1, -0.05) is 0 Å². The molecule has 1 saturated heterocycles. The van der Waals surface area contributed by atoms with Crippen molar-refractivity contribution in [1.29, 1.82) is 0 Å². The minimum Gasteiger partial charge on any atom is -0.396 e. The quantitative estimate of drug-likeness (QED) is 0.762. The number of hydrogen-bond donors (Lipinski definition) is 1. The fraction of sp³-hybridized carbons (Fsp3) is 0.636. The highest BCUT2D eigenvalue weighted by Gasteiger charge is 2.55. The van der Waals surface area contributed by atoms with Crippen LogP contribution in [0.2, 0.25) is 0 Å². The van der Waals surface area contributed by atoms with Crippen molar-refractivity contribution in [3.8, 4) is 0 Å². The number of anilines is 1. The maximum Gasteiger partial charge on any atom is 0.225 e. The van der Waals surface area contributed by atoms with Crippen LogP contribution in [0, 0.1) is 24.7 Å². The summed E-state index contributed by atoms with van der Waals surface area (Å²) in [4.78, 5) is 10.9. The Hall–Kier alpha value is -1.16. The molecule has 0 amide bonds. The average molecular weight is 205 g/mol. The molecule has 3 rings (SSSR count). The molecule has 0 spiro atoms. The number of aromatic nitrogens is 2. The summed E-state index contributed by atoms with van der Waals surface area (Å²) in [6.45, 7) is 4.36. The van der Waals surface area contributed by atoms with Crippen LogP contribution >= 0.6 is 0 Å². The van der Waals surface area contributed by atoms with Crippen molar-refractivity contribution in [3.05, 3.63) is 18.0 Å². The van der Waals surface area contributed by atoms with E-state index in [1.807, 2.05) is 19.3 Å². The zero-order valence-electron chi connectivity index (χ0n) is 8.80. The Kier molecular flexibility index (Phi) is 1.92. The second-order valence-corrected chi connectivity index (χ2v) is 4.64.